The van der Waals surface area contributed by atoms with Crippen LogP contribution in [0.5, 0.6) is 0 Å². The van der Waals surface area contributed by atoms with Gasteiger partial charge in [0.1, 0.15) is 0 Å². The summed E-state index contributed by atoms with van der Waals surface area (Å²) in [5.74, 6) is 0. The van der Waals surface area contributed by atoms with Gasteiger partial charge in [0.05, 0.1) is 12.6 Å². The van der Waals surface area contributed by atoms with E-state index < -0.39 is 0 Å². The minimum absolute atomic E-state index is 0.182. The second-order valence-corrected chi connectivity index (χ2v) is 4.97. The van der Waals surface area contributed by atoms with E-state index in [0.717, 1.165) is 19.5 Å². The van der Waals surface area contributed by atoms with Crippen LogP contribution in [-0.4, -0.2) is 36.9 Å². The smallest absolute Gasteiger partial charge is 0.0647 e. The number of aliphatic hydroxyl groups excluding tert-OH is 1. The van der Waals surface area contributed by atoms with E-state index in [1.54, 1.807) is 0 Å². The molecule has 3 heteroatoms. The minimum Gasteiger partial charge on any atom is -0.394 e. The number of aliphatic hydroxyl groups is 1. The summed E-state index contributed by atoms with van der Waals surface area (Å²) in [6.07, 6.45) is 1.12. The van der Waals surface area contributed by atoms with Crippen molar-refractivity contribution in [1.82, 2.24) is 5.32 Å². The summed E-state index contributed by atoms with van der Waals surface area (Å²) in [5.41, 5.74) is 2.49. The standard InChI is InChI=1S/C14H22N2O/c1-11-4-3-5-13(8-11)16-7-6-12(2)15-9-14(16)10-17/h3-5,8,12,14-15,17H,6-7,9-10H2,1-2H3. The van der Waals surface area contributed by atoms with E-state index in [2.05, 4.69) is 48.3 Å². The molecule has 0 aromatic heterocycles. The van der Waals surface area contributed by atoms with E-state index in [1.165, 1.54) is 11.3 Å². The van der Waals surface area contributed by atoms with Gasteiger partial charge in [-0.05, 0) is 38.0 Å². The molecule has 1 aliphatic rings. The molecule has 2 N–H and O–H groups in total. The van der Waals surface area contributed by atoms with Crippen molar-refractivity contribution in [1.29, 1.82) is 0 Å². The molecule has 1 aromatic carbocycles. The number of hydrogen-bond donors (Lipinski definition) is 2. The molecule has 1 saturated heterocycles. The van der Waals surface area contributed by atoms with Crippen molar-refractivity contribution < 1.29 is 5.11 Å². The van der Waals surface area contributed by atoms with Crippen LogP contribution in [0.3, 0.4) is 0 Å². The molecule has 2 rings (SSSR count). The number of hydrogen-bond acceptors (Lipinski definition) is 3. The minimum atomic E-state index is 0.182. The van der Waals surface area contributed by atoms with E-state index in [9.17, 15) is 5.11 Å². The Balaban J connectivity index is 2.21. The van der Waals surface area contributed by atoms with Crippen LogP contribution in [0.15, 0.2) is 24.3 Å². The third-order valence-electron chi connectivity index (χ3n) is 3.49. The van der Waals surface area contributed by atoms with E-state index >= 15 is 0 Å². The zero-order chi connectivity index (χ0) is 12.3. The van der Waals surface area contributed by atoms with Crippen molar-refractivity contribution in [2.75, 3.05) is 24.6 Å². The lowest BCUT2D eigenvalue weighted by atomic mass is 10.1. The molecule has 0 radical (unpaired) electrons. The van der Waals surface area contributed by atoms with Crippen LogP contribution >= 0.6 is 0 Å². The molecule has 0 aliphatic carbocycles. The Morgan fingerprint density at radius 2 is 2.29 bits per heavy atom. The first-order valence-corrected chi connectivity index (χ1v) is 6.38. The SMILES string of the molecule is Cc1cccc(N2CCC(C)NCC2CO)c1. The summed E-state index contributed by atoms with van der Waals surface area (Å²) in [7, 11) is 0. The highest BCUT2D eigenvalue weighted by Crippen LogP contribution is 2.20. The van der Waals surface area contributed by atoms with Gasteiger partial charge >= 0.3 is 0 Å². The zero-order valence-electron chi connectivity index (χ0n) is 10.7. The van der Waals surface area contributed by atoms with Gasteiger partial charge in [-0.2, -0.15) is 0 Å². The number of anilines is 1. The maximum Gasteiger partial charge on any atom is 0.0647 e. The number of aryl methyl sites for hydroxylation is 1. The number of rotatable bonds is 2. The topological polar surface area (TPSA) is 35.5 Å². The fourth-order valence-corrected chi connectivity index (χ4v) is 2.37. The van der Waals surface area contributed by atoms with Gasteiger partial charge in [-0.3, -0.25) is 0 Å². The van der Waals surface area contributed by atoms with Crippen LogP contribution in [0.2, 0.25) is 0 Å². The predicted molar refractivity (Wildman–Crippen MR) is 71.5 cm³/mol. The summed E-state index contributed by atoms with van der Waals surface area (Å²) >= 11 is 0. The van der Waals surface area contributed by atoms with Crippen LogP contribution < -0.4 is 10.2 Å². The maximum absolute atomic E-state index is 9.52. The first kappa shape index (κ1) is 12.4. The first-order valence-electron chi connectivity index (χ1n) is 6.38. The molecule has 1 aromatic rings. The molecular formula is C14H22N2O. The van der Waals surface area contributed by atoms with E-state index in [0.29, 0.717) is 6.04 Å². The maximum atomic E-state index is 9.52. The van der Waals surface area contributed by atoms with Crippen molar-refractivity contribution in [3.8, 4) is 0 Å². The normalized spacial score (nSPS) is 25.7. The van der Waals surface area contributed by atoms with E-state index in [1.807, 2.05) is 0 Å². The van der Waals surface area contributed by atoms with Crippen molar-refractivity contribution in [2.45, 2.75) is 32.4 Å². The van der Waals surface area contributed by atoms with Gasteiger partial charge in [-0.15, -0.1) is 0 Å². The summed E-state index contributed by atoms with van der Waals surface area (Å²) < 4.78 is 0. The summed E-state index contributed by atoms with van der Waals surface area (Å²) in [4.78, 5) is 2.32. The molecule has 2 atom stereocenters. The molecule has 0 amide bonds. The molecule has 94 valence electrons. The highest BCUT2D eigenvalue weighted by molar-refractivity contribution is 5.49. The summed E-state index contributed by atoms with van der Waals surface area (Å²) in [5, 5.41) is 13.0. The second-order valence-electron chi connectivity index (χ2n) is 4.97. The van der Waals surface area contributed by atoms with Crippen molar-refractivity contribution in [3.63, 3.8) is 0 Å². The molecular weight excluding hydrogens is 212 g/mol. The third-order valence-corrected chi connectivity index (χ3v) is 3.49. The lowest BCUT2D eigenvalue weighted by molar-refractivity contribution is 0.259. The predicted octanol–water partition coefficient (Wildman–Crippen LogP) is 1.54. The van der Waals surface area contributed by atoms with Crippen LogP contribution in [-0.2, 0) is 0 Å². The van der Waals surface area contributed by atoms with E-state index in [-0.39, 0.29) is 12.6 Å². The molecule has 1 fully saturated rings. The summed E-state index contributed by atoms with van der Waals surface area (Å²) in [6.45, 7) is 6.37. The van der Waals surface area contributed by atoms with E-state index in [4.69, 9.17) is 0 Å². The number of benzene rings is 1. The largest absolute Gasteiger partial charge is 0.394 e. The lowest BCUT2D eigenvalue weighted by Crippen LogP contribution is -2.42. The van der Waals surface area contributed by atoms with Gasteiger partial charge in [0.15, 0.2) is 0 Å². The highest BCUT2D eigenvalue weighted by Gasteiger charge is 2.22. The Labute approximate surface area is 103 Å². The molecule has 0 spiro atoms. The van der Waals surface area contributed by atoms with Crippen LogP contribution in [0, 0.1) is 6.92 Å². The van der Waals surface area contributed by atoms with Gasteiger partial charge in [-0.25, -0.2) is 0 Å². The van der Waals surface area contributed by atoms with Crippen LogP contribution in [0.4, 0.5) is 5.69 Å². The fraction of sp³-hybridized carbons (Fsp3) is 0.571. The molecule has 2 unspecified atom stereocenters. The Kier molecular flexibility index (Phi) is 4.02. The number of nitrogens with zero attached hydrogens (tertiary/aromatic N) is 1. The molecule has 1 heterocycles. The quantitative estimate of drug-likeness (QED) is 0.815. The monoisotopic (exact) mass is 234 g/mol. The molecule has 1 aliphatic heterocycles. The number of nitrogens with one attached hydrogen (secondary N) is 1. The second kappa shape index (κ2) is 5.52. The average molecular weight is 234 g/mol. The fourth-order valence-electron chi connectivity index (χ4n) is 2.37. The Morgan fingerprint density at radius 1 is 1.47 bits per heavy atom. The Bertz CT molecular complexity index is 367. The average Bonchev–Trinajstić information content (AvgIpc) is 2.51. The highest BCUT2D eigenvalue weighted by atomic mass is 16.3. The zero-order valence-corrected chi connectivity index (χ0v) is 10.7. The van der Waals surface area contributed by atoms with Crippen LogP contribution in [0.1, 0.15) is 18.9 Å². The van der Waals surface area contributed by atoms with Gasteiger partial charge < -0.3 is 15.3 Å². The van der Waals surface area contributed by atoms with Crippen molar-refractivity contribution in [2.24, 2.45) is 0 Å². The van der Waals surface area contributed by atoms with Crippen LogP contribution in [0.25, 0.3) is 0 Å². The molecule has 17 heavy (non-hydrogen) atoms. The Hall–Kier alpha value is -1.06. The molecule has 0 saturated carbocycles. The molecule has 3 nitrogen and oxygen atoms in total. The molecule has 0 bridgehead atoms. The van der Waals surface area contributed by atoms with Gasteiger partial charge in [0, 0.05) is 24.8 Å². The lowest BCUT2D eigenvalue weighted by Gasteiger charge is -2.30. The third kappa shape index (κ3) is 2.99. The van der Waals surface area contributed by atoms with Gasteiger partial charge in [-0.1, -0.05) is 12.1 Å². The van der Waals surface area contributed by atoms with Crippen molar-refractivity contribution in [3.05, 3.63) is 29.8 Å². The van der Waals surface area contributed by atoms with Gasteiger partial charge in [0.25, 0.3) is 0 Å². The summed E-state index contributed by atoms with van der Waals surface area (Å²) in [6, 6.07) is 9.22. The first-order chi connectivity index (χ1) is 8.20. The van der Waals surface area contributed by atoms with Gasteiger partial charge in [0.2, 0.25) is 0 Å². The Morgan fingerprint density at radius 3 is 3.00 bits per heavy atom. The van der Waals surface area contributed by atoms with Crippen molar-refractivity contribution >= 4 is 5.69 Å².